The van der Waals surface area contributed by atoms with E-state index in [-0.39, 0.29) is 5.91 Å². The van der Waals surface area contributed by atoms with E-state index >= 15 is 0 Å². The van der Waals surface area contributed by atoms with Gasteiger partial charge in [-0.1, -0.05) is 44.2 Å². The summed E-state index contributed by atoms with van der Waals surface area (Å²) in [6, 6.07) is 10.0. The summed E-state index contributed by atoms with van der Waals surface area (Å²) < 4.78 is 0. The van der Waals surface area contributed by atoms with Crippen molar-refractivity contribution >= 4 is 5.91 Å². The van der Waals surface area contributed by atoms with Gasteiger partial charge < -0.3 is 4.90 Å². The summed E-state index contributed by atoms with van der Waals surface area (Å²) in [5.41, 5.74) is 1.11. The van der Waals surface area contributed by atoms with Crippen molar-refractivity contribution in [2.45, 2.75) is 26.7 Å². The Labute approximate surface area is 122 Å². The van der Waals surface area contributed by atoms with Gasteiger partial charge >= 0.3 is 0 Å². The van der Waals surface area contributed by atoms with Crippen LogP contribution in [0.2, 0.25) is 0 Å². The maximum Gasteiger partial charge on any atom is 0.227 e. The lowest BCUT2D eigenvalue weighted by molar-refractivity contribution is -0.132. The van der Waals surface area contributed by atoms with E-state index in [9.17, 15) is 4.79 Å². The third-order valence-electron chi connectivity index (χ3n) is 3.95. The van der Waals surface area contributed by atoms with Crippen LogP contribution in [0.15, 0.2) is 30.3 Å². The van der Waals surface area contributed by atoms with Gasteiger partial charge in [-0.3, -0.25) is 9.69 Å². The molecular weight excluding hydrogens is 248 g/mol. The van der Waals surface area contributed by atoms with Crippen molar-refractivity contribution in [2.24, 2.45) is 5.92 Å². The summed E-state index contributed by atoms with van der Waals surface area (Å²) in [5.74, 6) is 1.02. The zero-order valence-corrected chi connectivity index (χ0v) is 12.7. The number of piperazine rings is 1. The smallest absolute Gasteiger partial charge is 0.227 e. The molecule has 1 fully saturated rings. The molecule has 1 aliphatic rings. The molecule has 1 aromatic rings. The fourth-order valence-corrected chi connectivity index (χ4v) is 2.54. The molecule has 0 N–H and O–H groups in total. The molecule has 3 heteroatoms. The molecule has 2 rings (SSSR count). The summed E-state index contributed by atoms with van der Waals surface area (Å²) in [6.07, 6.45) is 1.78. The molecule has 1 aliphatic heterocycles. The number of hydrogen-bond acceptors (Lipinski definition) is 2. The molecule has 1 amide bonds. The second-order valence-electron chi connectivity index (χ2n) is 6.07. The van der Waals surface area contributed by atoms with Gasteiger partial charge in [-0.2, -0.15) is 0 Å². The summed E-state index contributed by atoms with van der Waals surface area (Å²) in [6.45, 7) is 9.49. The number of nitrogens with zero attached hydrogens (tertiary/aromatic N) is 2. The quantitative estimate of drug-likeness (QED) is 0.823. The minimum atomic E-state index is 0.264. The number of hydrogen-bond donors (Lipinski definition) is 0. The minimum Gasteiger partial charge on any atom is -0.340 e. The van der Waals surface area contributed by atoms with Crippen molar-refractivity contribution in [1.82, 2.24) is 9.80 Å². The molecule has 110 valence electrons. The first-order valence-corrected chi connectivity index (χ1v) is 7.69. The minimum absolute atomic E-state index is 0.264. The van der Waals surface area contributed by atoms with Gasteiger partial charge in [0.2, 0.25) is 5.91 Å². The van der Waals surface area contributed by atoms with Crippen LogP contribution in [0.5, 0.6) is 0 Å². The van der Waals surface area contributed by atoms with Crippen molar-refractivity contribution in [3.63, 3.8) is 0 Å². The Morgan fingerprint density at radius 3 is 2.35 bits per heavy atom. The molecule has 3 nitrogen and oxygen atoms in total. The molecule has 0 unspecified atom stereocenters. The Morgan fingerprint density at radius 2 is 1.75 bits per heavy atom. The topological polar surface area (TPSA) is 23.6 Å². The molecule has 0 bridgehead atoms. The van der Waals surface area contributed by atoms with Crippen LogP contribution >= 0.6 is 0 Å². The number of amides is 1. The molecule has 1 aromatic carbocycles. The van der Waals surface area contributed by atoms with Crippen molar-refractivity contribution in [3.05, 3.63) is 35.9 Å². The van der Waals surface area contributed by atoms with Crippen LogP contribution in [0, 0.1) is 5.92 Å². The molecule has 0 spiro atoms. The highest BCUT2D eigenvalue weighted by Gasteiger charge is 2.20. The van der Waals surface area contributed by atoms with Gasteiger partial charge in [0.1, 0.15) is 0 Å². The van der Waals surface area contributed by atoms with E-state index in [0.717, 1.165) is 37.7 Å². The fourth-order valence-electron chi connectivity index (χ4n) is 2.54. The average molecular weight is 274 g/mol. The van der Waals surface area contributed by atoms with Gasteiger partial charge in [-0.25, -0.2) is 0 Å². The SMILES string of the molecule is CC(C)CCN1CCN(C(=O)Cc2ccccc2)CC1. The van der Waals surface area contributed by atoms with Crippen molar-refractivity contribution in [3.8, 4) is 0 Å². The normalized spacial score (nSPS) is 16.6. The standard InChI is InChI=1S/C17H26N2O/c1-15(2)8-9-18-10-12-19(13-11-18)17(20)14-16-6-4-3-5-7-16/h3-7,15H,8-14H2,1-2H3. The van der Waals surface area contributed by atoms with Crippen LogP contribution in [0.25, 0.3) is 0 Å². The largest absolute Gasteiger partial charge is 0.340 e. The summed E-state index contributed by atoms with van der Waals surface area (Å²) in [7, 11) is 0. The van der Waals surface area contributed by atoms with Crippen molar-refractivity contribution < 1.29 is 4.79 Å². The zero-order chi connectivity index (χ0) is 14.4. The van der Waals surface area contributed by atoms with E-state index in [1.807, 2.05) is 35.2 Å². The number of rotatable bonds is 5. The highest BCUT2D eigenvalue weighted by atomic mass is 16.2. The first-order valence-electron chi connectivity index (χ1n) is 7.69. The van der Waals surface area contributed by atoms with Crippen LogP contribution in [0.4, 0.5) is 0 Å². The molecular formula is C17H26N2O. The Morgan fingerprint density at radius 1 is 1.10 bits per heavy atom. The van der Waals surface area contributed by atoms with Gasteiger partial charge in [-0.05, 0) is 24.4 Å². The monoisotopic (exact) mass is 274 g/mol. The van der Waals surface area contributed by atoms with Crippen LogP contribution < -0.4 is 0 Å². The predicted octanol–water partition coefficient (Wildman–Crippen LogP) is 2.42. The van der Waals surface area contributed by atoms with E-state index in [1.165, 1.54) is 13.0 Å². The summed E-state index contributed by atoms with van der Waals surface area (Å²) in [5, 5.41) is 0. The molecule has 1 saturated heterocycles. The fraction of sp³-hybridized carbons (Fsp3) is 0.588. The van der Waals surface area contributed by atoms with E-state index in [0.29, 0.717) is 6.42 Å². The maximum absolute atomic E-state index is 12.2. The highest BCUT2D eigenvalue weighted by molar-refractivity contribution is 5.78. The van der Waals surface area contributed by atoms with Crippen LogP contribution in [-0.2, 0) is 11.2 Å². The number of benzene rings is 1. The van der Waals surface area contributed by atoms with E-state index in [2.05, 4.69) is 18.7 Å². The van der Waals surface area contributed by atoms with Gasteiger partial charge in [0.25, 0.3) is 0 Å². The molecule has 0 atom stereocenters. The molecule has 1 heterocycles. The van der Waals surface area contributed by atoms with Crippen LogP contribution in [-0.4, -0.2) is 48.4 Å². The average Bonchev–Trinajstić information content (AvgIpc) is 2.46. The second kappa shape index (κ2) is 7.44. The lowest BCUT2D eigenvalue weighted by Gasteiger charge is -2.35. The van der Waals surface area contributed by atoms with Crippen molar-refractivity contribution in [2.75, 3.05) is 32.7 Å². The Kier molecular flexibility index (Phi) is 5.60. The van der Waals surface area contributed by atoms with E-state index in [1.54, 1.807) is 0 Å². The molecule has 0 aromatic heterocycles. The number of carbonyl (C=O) groups excluding carboxylic acids is 1. The Bertz CT molecular complexity index is 408. The molecule has 0 saturated carbocycles. The second-order valence-corrected chi connectivity index (χ2v) is 6.07. The van der Waals surface area contributed by atoms with Gasteiger partial charge in [0.05, 0.1) is 6.42 Å². The van der Waals surface area contributed by atoms with Crippen molar-refractivity contribution in [1.29, 1.82) is 0 Å². The third kappa shape index (κ3) is 4.64. The zero-order valence-electron chi connectivity index (χ0n) is 12.7. The van der Waals surface area contributed by atoms with Crippen LogP contribution in [0.1, 0.15) is 25.8 Å². The van der Waals surface area contributed by atoms with E-state index < -0.39 is 0 Å². The van der Waals surface area contributed by atoms with Gasteiger partial charge in [-0.15, -0.1) is 0 Å². The summed E-state index contributed by atoms with van der Waals surface area (Å²) in [4.78, 5) is 16.7. The van der Waals surface area contributed by atoms with Gasteiger partial charge in [0.15, 0.2) is 0 Å². The number of carbonyl (C=O) groups is 1. The Hall–Kier alpha value is -1.35. The van der Waals surface area contributed by atoms with Crippen LogP contribution in [0.3, 0.4) is 0 Å². The predicted molar refractivity (Wildman–Crippen MR) is 82.6 cm³/mol. The lowest BCUT2D eigenvalue weighted by Crippen LogP contribution is -2.49. The molecule has 20 heavy (non-hydrogen) atoms. The van der Waals surface area contributed by atoms with E-state index in [4.69, 9.17) is 0 Å². The lowest BCUT2D eigenvalue weighted by atomic mass is 10.1. The third-order valence-corrected chi connectivity index (χ3v) is 3.95. The highest BCUT2D eigenvalue weighted by Crippen LogP contribution is 2.09. The molecule has 0 aliphatic carbocycles. The maximum atomic E-state index is 12.2. The molecule has 0 radical (unpaired) electrons. The van der Waals surface area contributed by atoms with Gasteiger partial charge in [0, 0.05) is 26.2 Å². The first kappa shape index (κ1) is 15.0. The Balaban J connectivity index is 1.74. The first-order chi connectivity index (χ1) is 9.65. The summed E-state index contributed by atoms with van der Waals surface area (Å²) >= 11 is 0.